The first-order valence-corrected chi connectivity index (χ1v) is 13.9. The fourth-order valence-electron chi connectivity index (χ4n) is 5.17. The van der Waals surface area contributed by atoms with Crippen molar-refractivity contribution in [3.05, 3.63) is 98.1 Å². The standard InChI is InChI=1S/C32H39O2P/c1-18(2)26-11-12-27(19(3)4)28(17-26)35(31(33)29-22(7)13-20(5)14-23(29)8)32(34)30-24(9)15-21(6)16-25(30)10/h11-19H,1-10H3. The van der Waals surface area contributed by atoms with E-state index in [9.17, 15) is 9.59 Å². The van der Waals surface area contributed by atoms with Gasteiger partial charge in [-0.15, -0.1) is 0 Å². The van der Waals surface area contributed by atoms with E-state index in [1.165, 1.54) is 0 Å². The van der Waals surface area contributed by atoms with E-state index in [1.54, 1.807) is 0 Å². The number of rotatable bonds is 7. The number of benzene rings is 3. The fourth-order valence-corrected chi connectivity index (χ4v) is 7.81. The summed E-state index contributed by atoms with van der Waals surface area (Å²) in [7, 11) is -1.79. The second kappa shape index (κ2) is 10.6. The van der Waals surface area contributed by atoms with Crippen LogP contribution in [0.1, 0.15) is 105 Å². The van der Waals surface area contributed by atoms with Crippen molar-refractivity contribution >= 4 is 24.3 Å². The highest BCUT2D eigenvalue weighted by molar-refractivity contribution is 7.96. The molecule has 184 valence electrons. The van der Waals surface area contributed by atoms with Gasteiger partial charge in [0.1, 0.15) is 0 Å². The van der Waals surface area contributed by atoms with Crippen LogP contribution in [0.15, 0.2) is 42.5 Å². The molecule has 3 rings (SSSR count). The zero-order chi connectivity index (χ0) is 26.2. The Hall–Kier alpha value is -2.57. The minimum atomic E-state index is -1.79. The zero-order valence-electron chi connectivity index (χ0n) is 23.0. The van der Waals surface area contributed by atoms with Gasteiger partial charge in [0, 0.05) is 11.1 Å². The molecule has 0 aliphatic rings. The molecule has 35 heavy (non-hydrogen) atoms. The molecule has 0 fully saturated rings. The summed E-state index contributed by atoms with van der Waals surface area (Å²) in [6, 6.07) is 14.6. The molecule has 0 unspecified atom stereocenters. The predicted molar refractivity (Wildman–Crippen MR) is 151 cm³/mol. The van der Waals surface area contributed by atoms with Gasteiger partial charge in [-0.05, 0) is 98.1 Å². The Bertz CT molecular complexity index is 1180. The lowest BCUT2D eigenvalue weighted by molar-refractivity contribution is 0.105. The van der Waals surface area contributed by atoms with Crippen molar-refractivity contribution in [2.75, 3.05) is 0 Å². The van der Waals surface area contributed by atoms with E-state index in [0.717, 1.165) is 49.8 Å². The van der Waals surface area contributed by atoms with Crippen molar-refractivity contribution in [1.82, 2.24) is 0 Å². The monoisotopic (exact) mass is 486 g/mol. The molecule has 0 amide bonds. The molecule has 2 nitrogen and oxygen atoms in total. The van der Waals surface area contributed by atoms with Crippen LogP contribution in [0.2, 0.25) is 0 Å². The van der Waals surface area contributed by atoms with Gasteiger partial charge in [-0.1, -0.05) is 75.2 Å². The molecular formula is C32H39O2P. The quantitative estimate of drug-likeness (QED) is 0.313. The summed E-state index contributed by atoms with van der Waals surface area (Å²) in [6.45, 7) is 20.6. The number of hydrogen-bond donors (Lipinski definition) is 0. The zero-order valence-corrected chi connectivity index (χ0v) is 23.9. The maximum absolute atomic E-state index is 14.5. The highest BCUT2D eigenvalue weighted by Crippen LogP contribution is 2.47. The van der Waals surface area contributed by atoms with E-state index in [0.29, 0.717) is 17.0 Å². The van der Waals surface area contributed by atoms with Gasteiger partial charge in [0.25, 0.3) is 0 Å². The highest BCUT2D eigenvalue weighted by atomic mass is 31.1. The third-order valence-corrected chi connectivity index (χ3v) is 8.90. The van der Waals surface area contributed by atoms with Crippen LogP contribution < -0.4 is 5.30 Å². The summed E-state index contributed by atoms with van der Waals surface area (Å²) < 4.78 is 0. The fraction of sp³-hybridized carbons (Fsp3) is 0.375. The van der Waals surface area contributed by atoms with Crippen LogP contribution in [-0.4, -0.2) is 11.0 Å². The SMILES string of the molecule is Cc1cc(C)c(C(=O)P(C(=O)c2c(C)cc(C)cc2C)c2cc(C(C)C)ccc2C(C)C)c(C)c1. The molecule has 0 atom stereocenters. The van der Waals surface area contributed by atoms with Gasteiger partial charge in [-0.25, -0.2) is 0 Å². The van der Waals surface area contributed by atoms with Crippen LogP contribution in [-0.2, 0) is 0 Å². The number of carbonyl (C=O) groups is 2. The lowest BCUT2D eigenvalue weighted by atomic mass is 9.97. The Balaban J connectivity index is 2.37. The maximum atomic E-state index is 14.5. The Kier molecular flexibility index (Phi) is 8.17. The molecule has 3 aromatic rings. The minimum absolute atomic E-state index is 0.0396. The lowest BCUT2D eigenvalue weighted by Gasteiger charge is -2.25. The molecule has 0 heterocycles. The van der Waals surface area contributed by atoms with Crippen LogP contribution in [0.4, 0.5) is 0 Å². The molecule has 0 aliphatic carbocycles. The third-order valence-electron chi connectivity index (χ3n) is 6.77. The highest BCUT2D eigenvalue weighted by Gasteiger charge is 2.35. The molecule has 3 aromatic carbocycles. The minimum Gasteiger partial charge on any atom is -0.288 e. The summed E-state index contributed by atoms with van der Waals surface area (Å²) in [4.78, 5) is 28.9. The van der Waals surface area contributed by atoms with Crippen molar-refractivity contribution in [1.29, 1.82) is 0 Å². The van der Waals surface area contributed by atoms with Gasteiger partial charge in [0.05, 0.1) is 7.92 Å². The van der Waals surface area contributed by atoms with Gasteiger partial charge in [-0.2, -0.15) is 0 Å². The summed E-state index contributed by atoms with van der Waals surface area (Å²) in [5, 5.41) is 0.912. The van der Waals surface area contributed by atoms with Gasteiger partial charge >= 0.3 is 0 Å². The van der Waals surface area contributed by atoms with E-state index in [2.05, 4.69) is 70.2 Å². The first kappa shape index (κ1) is 27.0. The van der Waals surface area contributed by atoms with Gasteiger partial charge in [0.2, 0.25) is 0 Å². The smallest absolute Gasteiger partial charge is 0.197 e. The normalized spacial score (nSPS) is 11.6. The van der Waals surface area contributed by atoms with Crippen LogP contribution in [0.5, 0.6) is 0 Å². The number of hydrogen-bond acceptors (Lipinski definition) is 2. The van der Waals surface area contributed by atoms with Crippen LogP contribution >= 0.6 is 7.92 Å². The molecule has 0 aliphatic heterocycles. The maximum Gasteiger partial charge on any atom is 0.197 e. The molecule has 0 spiro atoms. The van der Waals surface area contributed by atoms with Gasteiger partial charge < -0.3 is 0 Å². The Morgan fingerprint density at radius 3 is 1.34 bits per heavy atom. The summed E-state index contributed by atoms with van der Waals surface area (Å²) in [6.07, 6.45) is 0. The van der Waals surface area contributed by atoms with Crippen LogP contribution in [0.3, 0.4) is 0 Å². The lowest BCUT2D eigenvalue weighted by Crippen LogP contribution is -2.23. The van der Waals surface area contributed by atoms with Crippen LogP contribution in [0, 0.1) is 41.5 Å². The molecule has 0 radical (unpaired) electrons. The molecule has 0 N–H and O–H groups in total. The molecule has 0 aromatic heterocycles. The van der Waals surface area contributed by atoms with Gasteiger partial charge in [-0.3, -0.25) is 9.59 Å². The molecule has 3 heteroatoms. The molecular weight excluding hydrogens is 447 g/mol. The van der Waals surface area contributed by atoms with E-state index in [4.69, 9.17) is 0 Å². The molecule has 0 saturated carbocycles. The summed E-state index contributed by atoms with van der Waals surface area (Å²) in [5.74, 6) is 0.514. The average molecular weight is 487 g/mol. The van der Waals surface area contributed by atoms with E-state index >= 15 is 0 Å². The Morgan fingerprint density at radius 1 is 0.600 bits per heavy atom. The van der Waals surface area contributed by atoms with E-state index < -0.39 is 7.92 Å². The van der Waals surface area contributed by atoms with Crippen molar-refractivity contribution in [3.63, 3.8) is 0 Å². The largest absolute Gasteiger partial charge is 0.288 e. The van der Waals surface area contributed by atoms with Gasteiger partial charge in [0.15, 0.2) is 11.0 Å². The van der Waals surface area contributed by atoms with Crippen molar-refractivity contribution in [2.45, 2.75) is 81.1 Å². The molecule has 0 saturated heterocycles. The Labute approximate surface area is 212 Å². The van der Waals surface area contributed by atoms with Crippen molar-refractivity contribution in [2.24, 2.45) is 0 Å². The summed E-state index contributed by atoms with van der Waals surface area (Å²) >= 11 is 0. The second-order valence-electron chi connectivity index (χ2n) is 10.6. The first-order chi connectivity index (χ1) is 16.3. The van der Waals surface area contributed by atoms with E-state index in [-0.39, 0.29) is 17.0 Å². The van der Waals surface area contributed by atoms with Crippen molar-refractivity contribution in [3.8, 4) is 0 Å². The predicted octanol–water partition coefficient (Wildman–Crippen LogP) is 8.57. The van der Waals surface area contributed by atoms with E-state index in [1.807, 2.05) is 41.5 Å². The third kappa shape index (κ3) is 5.49. The Morgan fingerprint density at radius 2 is 1.00 bits per heavy atom. The molecule has 0 bridgehead atoms. The van der Waals surface area contributed by atoms with Crippen LogP contribution in [0.25, 0.3) is 0 Å². The first-order valence-electron chi connectivity index (χ1n) is 12.5. The second-order valence-corrected chi connectivity index (χ2v) is 12.6. The number of carbonyl (C=O) groups excluding carboxylic acids is 2. The average Bonchev–Trinajstić information content (AvgIpc) is 2.72. The topological polar surface area (TPSA) is 34.1 Å². The van der Waals surface area contributed by atoms with Crippen molar-refractivity contribution < 1.29 is 9.59 Å². The summed E-state index contributed by atoms with van der Waals surface area (Å²) in [5.41, 5.74) is 9.58. The number of aryl methyl sites for hydroxylation is 6.